The van der Waals surface area contributed by atoms with Gasteiger partial charge in [-0.2, -0.15) is 0 Å². The summed E-state index contributed by atoms with van der Waals surface area (Å²) in [5, 5.41) is 23.7. The predicted molar refractivity (Wildman–Crippen MR) is 89.3 cm³/mol. The number of nitrogens with one attached hydrogen (secondary N) is 1. The molecule has 1 aromatic rings. The van der Waals surface area contributed by atoms with Crippen LogP contribution in [0.1, 0.15) is 24.9 Å². The molecule has 126 valence electrons. The molecule has 1 aliphatic rings. The summed E-state index contributed by atoms with van der Waals surface area (Å²) >= 11 is 5.26. The van der Waals surface area contributed by atoms with Crippen molar-refractivity contribution in [2.24, 2.45) is 0 Å². The van der Waals surface area contributed by atoms with E-state index < -0.39 is 16.9 Å². The summed E-state index contributed by atoms with van der Waals surface area (Å²) < 4.78 is 0. The fraction of sp³-hybridized carbons (Fsp3) is 0.267. The Morgan fingerprint density at radius 2 is 2.25 bits per heavy atom. The fourth-order valence-corrected chi connectivity index (χ4v) is 2.98. The maximum Gasteiger partial charge on any atom is 0.335 e. The van der Waals surface area contributed by atoms with Crippen LogP contribution in [-0.4, -0.2) is 38.8 Å². The van der Waals surface area contributed by atoms with Gasteiger partial charge in [0.2, 0.25) is 0 Å². The third-order valence-electron chi connectivity index (χ3n) is 3.66. The number of allylic oxidation sites excluding steroid dienone is 1. The zero-order chi connectivity index (χ0) is 17.9. The van der Waals surface area contributed by atoms with Gasteiger partial charge in [0.1, 0.15) is 6.29 Å². The second-order valence-corrected chi connectivity index (χ2v) is 5.56. The number of aliphatic carboxylic acids is 1. The second-order valence-electron chi connectivity index (χ2n) is 5.18. The molecule has 9 heteroatoms. The Bertz CT molecular complexity index is 746. The minimum absolute atomic E-state index is 0.0370. The number of hydrogen-bond acceptors (Lipinski definition) is 5. The van der Waals surface area contributed by atoms with Crippen molar-refractivity contribution in [1.29, 1.82) is 0 Å². The number of hydrogen-bond donors (Lipinski definition) is 2. The van der Waals surface area contributed by atoms with Crippen LogP contribution in [0.2, 0.25) is 0 Å². The summed E-state index contributed by atoms with van der Waals surface area (Å²) in [5.74, 6) is -1.16. The monoisotopic (exact) mass is 349 g/mol. The zero-order valence-corrected chi connectivity index (χ0v) is 13.6. The average Bonchev–Trinajstić information content (AvgIpc) is 2.53. The van der Waals surface area contributed by atoms with Crippen molar-refractivity contribution in [2.45, 2.75) is 19.4 Å². The maximum atomic E-state index is 11.7. The highest BCUT2D eigenvalue weighted by Crippen LogP contribution is 2.35. The Labute approximate surface area is 142 Å². The number of carboxylic acid groups (broad SMARTS) is 1. The molecule has 0 aromatic heterocycles. The van der Waals surface area contributed by atoms with Crippen LogP contribution >= 0.6 is 12.2 Å². The molecule has 2 rings (SSSR count). The van der Waals surface area contributed by atoms with Gasteiger partial charge in [-0.25, -0.2) is 4.79 Å². The first-order valence-corrected chi connectivity index (χ1v) is 7.47. The SMILES string of the molecule is CC1=C(C(=O)O)C(c2cccc([N+](=O)[O-])c2)N(CCC=O)C(=S)N1. The molecule has 0 bridgehead atoms. The van der Waals surface area contributed by atoms with E-state index >= 15 is 0 Å². The van der Waals surface area contributed by atoms with E-state index in [0.29, 0.717) is 17.5 Å². The summed E-state index contributed by atoms with van der Waals surface area (Å²) in [6, 6.07) is 4.94. The van der Waals surface area contributed by atoms with Gasteiger partial charge in [-0.1, -0.05) is 12.1 Å². The summed E-state index contributed by atoms with van der Waals surface area (Å²) in [7, 11) is 0. The molecule has 8 nitrogen and oxygen atoms in total. The van der Waals surface area contributed by atoms with Gasteiger partial charge in [0, 0.05) is 30.8 Å². The fourth-order valence-electron chi connectivity index (χ4n) is 2.63. The topological polar surface area (TPSA) is 113 Å². The minimum Gasteiger partial charge on any atom is -0.478 e. The number of thiocarbonyl (C=S) groups is 1. The van der Waals surface area contributed by atoms with Crippen molar-refractivity contribution in [3.05, 3.63) is 51.2 Å². The van der Waals surface area contributed by atoms with Gasteiger partial charge in [0.05, 0.1) is 16.5 Å². The number of aldehydes is 1. The number of benzene rings is 1. The first-order chi connectivity index (χ1) is 11.4. The molecule has 0 saturated heterocycles. The molecular formula is C15H15N3O5S. The molecule has 1 heterocycles. The third-order valence-corrected chi connectivity index (χ3v) is 4.00. The Kier molecular flexibility index (Phi) is 5.24. The Morgan fingerprint density at radius 1 is 1.54 bits per heavy atom. The number of nitrogens with zero attached hydrogens (tertiary/aromatic N) is 2. The Hall–Kier alpha value is -2.81. The standard InChI is InChI=1S/C15H15N3O5S/c1-9-12(14(20)21)13(17(6-3-7-19)15(24)16-9)10-4-2-5-11(8-10)18(22)23/h2,4-5,7-8,13H,3,6H2,1H3,(H,16,24)(H,20,21). The molecular weight excluding hydrogens is 334 g/mol. The number of rotatable bonds is 6. The van der Waals surface area contributed by atoms with Crippen LogP contribution in [-0.2, 0) is 9.59 Å². The van der Waals surface area contributed by atoms with Gasteiger partial charge in [-0.15, -0.1) is 0 Å². The molecule has 0 spiro atoms. The van der Waals surface area contributed by atoms with Gasteiger partial charge in [-0.05, 0) is 24.7 Å². The van der Waals surface area contributed by atoms with Crippen molar-refractivity contribution < 1.29 is 19.6 Å². The van der Waals surface area contributed by atoms with Crippen LogP contribution in [0.3, 0.4) is 0 Å². The number of nitro groups is 1. The number of non-ortho nitro benzene ring substituents is 1. The van der Waals surface area contributed by atoms with E-state index in [1.165, 1.54) is 18.2 Å². The van der Waals surface area contributed by atoms with Crippen molar-refractivity contribution in [3.8, 4) is 0 Å². The number of carboxylic acids is 1. The van der Waals surface area contributed by atoms with E-state index in [-0.39, 0.29) is 29.3 Å². The van der Waals surface area contributed by atoms with Gasteiger partial charge in [-0.3, -0.25) is 10.1 Å². The first kappa shape index (κ1) is 17.5. The van der Waals surface area contributed by atoms with Crippen LogP contribution < -0.4 is 5.32 Å². The summed E-state index contributed by atoms with van der Waals surface area (Å²) in [6.07, 6.45) is 0.859. The van der Waals surface area contributed by atoms with E-state index in [0.717, 1.165) is 0 Å². The molecule has 24 heavy (non-hydrogen) atoms. The molecule has 0 amide bonds. The molecule has 1 aromatic carbocycles. The Balaban J connectivity index is 2.59. The maximum absolute atomic E-state index is 11.7. The predicted octanol–water partition coefficient (Wildman–Crippen LogP) is 1.77. The second kappa shape index (κ2) is 7.18. The lowest BCUT2D eigenvalue weighted by Gasteiger charge is -2.39. The average molecular weight is 349 g/mol. The molecule has 1 unspecified atom stereocenters. The highest BCUT2D eigenvalue weighted by molar-refractivity contribution is 7.80. The van der Waals surface area contributed by atoms with E-state index in [1.807, 2.05) is 0 Å². The van der Waals surface area contributed by atoms with Crippen molar-refractivity contribution in [3.63, 3.8) is 0 Å². The molecule has 0 aliphatic carbocycles. The number of nitro benzene ring substituents is 1. The van der Waals surface area contributed by atoms with Crippen LogP contribution in [0, 0.1) is 10.1 Å². The molecule has 0 radical (unpaired) electrons. The molecule has 1 aliphatic heterocycles. The van der Waals surface area contributed by atoms with Crippen LogP contribution in [0.25, 0.3) is 0 Å². The lowest BCUT2D eigenvalue weighted by molar-refractivity contribution is -0.384. The number of carbonyl (C=O) groups excluding carboxylic acids is 1. The molecule has 2 N–H and O–H groups in total. The van der Waals surface area contributed by atoms with Gasteiger partial charge >= 0.3 is 5.97 Å². The first-order valence-electron chi connectivity index (χ1n) is 7.06. The van der Waals surface area contributed by atoms with E-state index in [4.69, 9.17) is 12.2 Å². The summed E-state index contributed by atoms with van der Waals surface area (Å²) in [6.45, 7) is 1.78. The Morgan fingerprint density at radius 3 is 2.83 bits per heavy atom. The van der Waals surface area contributed by atoms with Crippen molar-refractivity contribution >= 4 is 35.3 Å². The molecule has 0 fully saturated rings. The van der Waals surface area contributed by atoms with Crippen molar-refractivity contribution in [2.75, 3.05) is 6.54 Å². The quantitative estimate of drug-likeness (QED) is 0.346. The number of carbonyl (C=O) groups is 2. The lowest BCUT2D eigenvalue weighted by Crippen LogP contribution is -2.48. The third kappa shape index (κ3) is 3.40. The highest BCUT2D eigenvalue weighted by atomic mass is 32.1. The van der Waals surface area contributed by atoms with E-state index in [9.17, 15) is 24.8 Å². The smallest absolute Gasteiger partial charge is 0.335 e. The highest BCUT2D eigenvalue weighted by Gasteiger charge is 2.36. The lowest BCUT2D eigenvalue weighted by atomic mass is 9.93. The minimum atomic E-state index is -1.16. The normalized spacial score (nSPS) is 17.5. The van der Waals surface area contributed by atoms with E-state index in [2.05, 4.69) is 5.32 Å². The largest absolute Gasteiger partial charge is 0.478 e. The van der Waals surface area contributed by atoms with Gasteiger partial charge < -0.3 is 20.1 Å². The molecule has 0 saturated carbocycles. The van der Waals surface area contributed by atoms with E-state index in [1.54, 1.807) is 17.9 Å². The van der Waals surface area contributed by atoms with Crippen molar-refractivity contribution in [1.82, 2.24) is 10.2 Å². The molecule has 1 atom stereocenters. The van der Waals surface area contributed by atoms with Crippen LogP contribution in [0.15, 0.2) is 35.5 Å². The van der Waals surface area contributed by atoms with Gasteiger partial charge in [0.25, 0.3) is 5.69 Å². The van der Waals surface area contributed by atoms with Crippen LogP contribution in [0.5, 0.6) is 0 Å². The van der Waals surface area contributed by atoms with Gasteiger partial charge in [0.15, 0.2) is 5.11 Å². The van der Waals surface area contributed by atoms with Crippen LogP contribution in [0.4, 0.5) is 5.69 Å². The summed E-state index contributed by atoms with van der Waals surface area (Å²) in [5.41, 5.74) is 0.687. The summed E-state index contributed by atoms with van der Waals surface area (Å²) in [4.78, 5) is 34.5. The zero-order valence-electron chi connectivity index (χ0n) is 12.8.